The Morgan fingerprint density at radius 1 is 1.03 bits per heavy atom. The first kappa shape index (κ1) is 19.7. The van der Waals surface area contributed by atoms with Crippen molar-refractivity contribution in [1.29, 1.82) is 0 Å². The van der Waals surface area contributed by atoms with Crippen LogP contribution in [0.3, 0.4) is 0 Å². The number of thiophene rings is 1. The topological polar surface area (TPSA) is 111 Å². The first-order chi connectivity index (χ1) is 14.5. The Balaban J connectivity index is 1.53. The Bertz CT molecular complexity index is 1140. The van der Waals surface area contributed by atoms with Crippen molar-refractivity contribution < 1.29 is 19.1 Å². The highest BCUT2D eigenvalue weighted by Crippen LogP contribution is 2.42. The van der Waals surface area contributed by atoms with Gasteiger partial charge < -0.3 is 21.1 Å². The molecule has 0 saturated carbocycles. The number of hydrogen-bond acceptors (Lipinski definition) is 5. The summed E-state index contributed by atoms with van der Waals surface area (Å²) >= 11 is 1.39. The SMILES string of the molecule is NC(=O)CCNC(=O)c1ccccc1NC(=O)c1cc2c(s1)-c1ccccc1OC2. The molecule has 3 aromatic rings. The molecule has 0 radical (unpaired) electrons. The van der Waals surface area contributed by atoms with Crippen LogP contribution in [0, 0.1) is 0 Å². The molecule has 0 spiro atoms. The molecule has 2 heterocycles. The van der Waals surface area contributed by atoms with E-state index in [1.807, 2.05) is 30.3 Å². The van der Waals surface area contributed by atoms with E-state index >= 15 is 0 Å². The Morgan fingerprint density at radius 3 is 2.63 bits per heavy atom. The third-order valence-corrected chi connectivity index (χ3v) is 5.83. The molecule has 0 fully saturated rings. The molecule has 0 unspecified atom stereocenters. The second-order valence-corrected chi connectivity index (χ2v) is 7.77. The highest BCUT2D eigenvalue weighted by atomic mass is 32.1. The number of nitrogens with two attached hydrogens (primary N) is 1. The number of carbonyl (C=O) groups excluding carboxylic acids is 3. The summed E-state index contributed by atoms with van der Waals surface area (Å²) in [6.07, 6.45) is 0.0462. The maximum atomic E-state index is 12.9. The first-order valence-corrected chi connectivity index (χ1v) is 10.2. The van der Waals surface area contributed by atoms with Crippen LogP contribution in [-0.4, -0.2) is 24.3 Å². The number of amides is 3. The van der Waals surface area contributed by atoms with Gasteiger partial charge >= 0.3 is 0 Å². The zero-order chi connectivity index (χ0) is 21.1. The van der Waals surface area contributed by atoms with Crippen molar-refractivity contribution in [2.75, 3.05) is 11.9 Å². The molecule has 0 atom stereocenters. The molecule has 1 aliphatic heterocycles. The molecule has 0 saturated heterocycles. The monoisotopic (exact) mass is 421 g/mol. The lowest BCUT2D eigenvalue weighted by Crippen LogP contribution is -2.28. The zero-order valence-corrected chi connectivity index (χ0v) is 16.8. The fraction of sp³-hybridized carbons (Fsp3) is 0.136. The van der Waals surface area contributed by atoms with Crippen molar-refractivity contribution in [2.45, 2.75) is 13.0 Å². The van der Waals surface area contributed by atoms with Crippen LogP contribution in [0.4, 0.5) is 5.69 Å². The smallest absolute Gasteiger partial charge is 0.265 e. The number of nitrogens with one attached hydrogen (secondary N) is 2. The number of para-hydroxylation sites is 2. The van der Waals surface area contributed by atoms with Gasteiger partial charge in [0, 0.05) is 29.0 Å². The summed E-state index contributed by atoms with van der Waals surface area (Å²) in [4.78, 5) is 37.7. The molecule has 1 aromatic heterocycles. The molecule has 4 N–H and O–H groups in total. The number of fused-ring (bicyclic) bond motifs is 3. The van der Waals surface area contributed by atoms with Crippen molar-refractivity contribution in [2.24, 2.45) is 5.73 Å². The quantitative estimate of drug-likeness (QED) is 0.568. The summed E-state index contributed by atoms with van der Waals surface area (Å²) in [6.45, 7) is 0.544. The molecular formula is C22H19N3O4S. The van der Waals surface area contributed by atoms with Crippen LogP contribution in [0.1, 0.15) is 32.0 Å². The fourth-order valence-corrected chi connectivity index (χ4v) is 4.27. The van der Waals surface area contributed by atoms with E-state index in [1.165, 1.54) is 11.3 Å². The lowest BCUT2D eigenvalue weighted by Gasteiger charge is -2.16. The third kappa shape index (κ3) is 4.04. The predicted octanol–water partition coefficient (Wildman–Crippen LogP) is 3.17. The molecule has 152 valence electrons. The van der Waals surface area contributed by atoms with E-state index in [9.17, 15) is 14.4 Å². The van der Waals surface area contributed by atoms with Gasteiger partial charge in [0.15, 0.2) is 0 Å². The number of carbonyl (C=O) groups is 3. The minimum atomic E-state index is -0.496. The van der Waals surface area contributed by atoms with Crippen LogP contribution in [0.5, 0.6) is 5.75 Å². The zero-order valence-electron chi connectivity index (χ0n) is 15.9. The van der Waals surface area contributed by atoms with Gasteiger partial charge in [0.25, 0.3) is 11.8 Å². The summed E-state index contributed by atoms with van der Waals surface area (Å²) in [6, 6.07) is 16.3. The second kappa shape index (κ2) is 8.38. The van der Waals surface area contributed by atoms with Gasteiger partial charge in [-0.3, -0.25) is 14.4 Å². The molecule has 2 aromatic carbocycles. The minimum absolute atomic E-state index is 0.0462. The van der Waals surface area contributed by atoms with Crippen LogP contribution in [-0.2, 0) is 11.4 Å². The molecule has 0 aliphatic carbocycles. The maximum absolute atomic E-state index is 12.9. The van der Waals surface area contributed by atoms with E-state index in [0.717, 1.165) is 21.8 Å². The van der Waals surface area contributed by atoms with E-state index in [4.69, 9.17) is 10.5 Å². The highest BCUT2D eigenvalue weighted by molar-refractivity contribution is 7.17. The molecule has 8 heteroatoms. The number of primary amides is 1. The van der Waals surface area contributed by atoms with Crippen LogP contribution in [0.15, 0.2) is 54.6 Å². The number of anilines is 1. The summed E-state index contributed by atoms with van der Waals surface area (Å²) in [5.74, 6) is -0.384. The summed E-state index contributed by atoms with van der Waals surface area (Å²) in [5, 5.41) is 5.45. The van der Waals surface area contributed by atoms with E-state index in [-0.39, 0.29) is 24.8 Å². The largest absolute Gasteiger partial charge is 0.488 e. The van der Waals surface area contributed by atoms with E-state index in [1.54, 1.807) is 24.3 Å². The van der Waals surface area contributed by atoms with Crippen molar-refractivity contribution in [3.8, 4) is 16.2 Å². The van der Waals surface area contributed by atoms with Crippen LogP contribution in [0.25, 0.3) is 10.4 Å². The Morgan fingerprint density at radius 2 is 1.80 bits per heavy atom. The van der Waals surface area contributed by atoms with E-state index in [0.29, 0.717) is 22.7 Å². The summed E-state index contributed by atoms with van der Waals surface area (Å²) in [5.41, 5.74) is 7.72. The molecule has 0 bridgehead atoms. The highest BCUT2D eigenvalue weighted by Gasteiger charge is 2.23. The molecule has 7 nitrogen and oxygen atoms in total. The van der Waals surface area contributed by atoms with Gasteiger partial charge in [-0.15, -0.1) is 11.3 Å². The average Bonchev–Trinajstić information content (AvgIpc) is 3.19. The Hall–Kier alpha value is -3.65. The molecule has 4 rings (SSSR count). The van der Waals surface area contributed by atoms with Gasteiger partial charge in [0.05, 0.1) is 16.1 Å². The van der Waals surface area contributed by atoms with Gasteiger partial charge in [0.2, 0.25) is 5.91 Å². The normalized spacial score (nSPS) is 11.6. The first-order valence-electron chi connectivity index (χ1n) is 9.34. The van der Waals surface area contributed by atoms with Gasteiger partial charge in [-0.05, 0) is 30.3 Å². The lowest BCUT2D eigenvalue weighted by molar-refractivity contribution is -0.117. The summed E-state index contributed by atoms with van der Waals surface area (Å²) < 4.78 is 5.76. The minimum Gasteiger partial charge on any atom is -0.488 e. The third-order valence-electron chi connectivity index (χ3n) is 4.62. The average molecular weight is 421 g/mol. The predicted molar refractivity (Wildman–Crippen MR) is 115 cm³/mol. The van der Waals surface area contributed by atoms with Crippen LogP contribution >= 0.6 is 11.3 Å². The second-order valence-electron chi connectivity index (χ2n) is 6.72. The van der Waals surface area contributed by atoms with Gasteiger partial charge in [0.1, 0.15) is 12.4 Å². The van der Waals surface area contributed by atoms with E-state index < -0.39 is 5.91 Å². The van der Waals surface area contributed by atoms with Gasteiger partial charge in [-0.1, -0.05) is 24.3 Å². The maximum Gasteiger partial charge on any atom is 0.265 e. The molecule has 1 aliphatic rings. The number of benzene rings is 2. The molecular weight excluding hydrogens is 402 g/mol. The van der Waals surface area contributed by atoms with Gasteiger partial charge in [-0.2, -0.15) is 0 Å². The Labute approximate surface area is 176 Å². The van der Waals surface area contributed by atoms with Gasteiger partial charge in [-0.25, -0.2) is 0 Å². The number of ether oxygens (including phenoxy) is 1. The van der Waals surface area contributed by atoms with Crippen LogP contribution in [0.2, 0.25) is 0 Å². The molecule has 3 amide bonds. The number of hydrogen-bond donors (Lipinski definition) is 3. The van der Waals surface area contributed by atoms with Crippen molar-refractivity contribution in [1.82, 2.24) is 5.32 Å². The lowest BCUT2D eigenvalue weighted by atomic mass is 10.1. The fourth-order valence-electron chi connectivity index (χ4n) is 3.18. The van der Waals surface area contributed by atoms with E-state index in [2.05, 4.69) is 10.6 Å². The van der Waals surface area contributed by atoms with Crippen molar-refractivity contribution >= 4 is 34.7 Å². The Kier molecular flexibility index (Phi) is 5.49. The standard InChI is InChI=1S/C22H19N3O4S/c23-19(26)9-10-24-21(27)14-5-1-3-7-16(14)25-22(28)18-11-13-12-29-17-8-4-2-6-15(17)20(13)30-18/h1-8,11H,9-10,12H2,(H2,23,26)(H,24,27)(H,25,28). The van der Waals surface area contributed by atoms with Crippen LogP contribution < -0.4 is 21.1 Å². The molecule has 30 heavy (non-hydrogen) atoms. The van der Waals surface area contributed by atoms with Crippen molar-refractivity contribution in [3.63, 3.8) is 0 Å². The number of rotatable bonds is 6. The summed E-state index contributed by atoms with van der Waals surface area (Å²) in [7, 11) is 0. The van der Waals surface area contributed by atoms with Crippen molar-refractivity contribution in [3.05, 3.63) is 70.6 Å².